The number of aliphatic imine (C=N–C) groups is 1. The highest BCUT2D eigenvalue weighted by molar-refractivity contribution is 7.21. The van der Waals surface area contributed by atoms with Crippen LogP contribution in [0.2, 0.25) is 0 Å². The Morgan fingerprint density at radius 2 is 2.10 bits per heavy atom. The van der Waals surface area contributed by atoms with Gasteiger partial charge in [-0.05, 0) is 25.1 Å². The number of benzene rings is 1. The highest BCUT2D eigenvalue weighted by Gasteiger charge is 2.20. The van der Waals surface area contributed by atoms with Crippen LogP contribution in [0.15, 0.2) is 63.0 Å². The summed E-state index contributed by atoms with van der Waals surface area (Å²) < 4.78 is 12.8. The number of guanidine groups is 1. The highest BCUT2D eigenvalue weighted by Crippen LogP contribution is 2.32. The lowest BCUT2D eigenvalue weighted by Crippen LogP contribution is -2.44. The summed E-state index contributed by atoms with van der Waals surface area (Å²) in [4.78, 5) is 12.5. The zero-order chi connectivity index (χ0) is 29.0. The molecule has 0 spiro atoms. The van der Waals surface area contributed by atoms with E-state index in [0.29, 0.717) is 24.4 Å². The molecule has 1 aliphatic rings. The second-order valence-electron chi connectivity index (χ2n) is 10.8. The Morgan fingerprint density at radius 3 is 2.80 bits per heavy atom. The molecule has 41 heavy (non-hydrogen) atoms. The lowest BCUT2D eigenvalue weighted by Gasteiger charge is -2.32. The van der Waals surface area contributed by atoms with E-state index in [1.807, 2.05) is 55.6 Å². The Balaban J connectivity index is 1.20. The van der Waals surface area contributed by atoms with Crippen molar-refractivity contribution in [2.75, 3.05) is 43.6 Å². The van der Waals surface area contributed by atoms with Gasteiger partial charge < -0.3 is 20.3 Å². The highest BCUT2D eigenvalue weighted by atomic mass is 32.1. The van der Waals surface area contributed by atoms with Crippen molar-refractivity contribution in [2.24, 2.45) is 21.1 Å². The minimum Gasteiger partial charge on any atom is -0.379 e. The molecule has 1 aromatic carbocycles. The van der Waals surface area contributed by atoms with Crippen molar-refractivity contribution >= 4 is 44.8 Å². The minimum absolute atomic E-state index is 0.139. The number of nitrogens with two attached hydrogens (primary N) is 1. The van der Waals surface area contributed by atoms with Gasteiger partial charge in [-0.1, -0.05) is 61.2 Å². The molecule has 216 valence electrons. The Hall–Kier alpha value is -4.07. The average Bonchev–Trinajstić information content (AvgIpc) is 3.65. The van der Waals surface area contributed by atoms with Gasteiger partial charge in [-0.25, -0.2) is 4.98 Å². The predicted octanol–water partition coefficient (Wildman–Crippen LogP) is 5.55. The molecule has 5 rings (SSSR count). The van der Waals surface area contributed by atoms with E-state index in [1.54, 1.807) is 12.1 Å². The van der Waals surface area contributed by atoms with Crippen molar-refractivity contribution in [3.05, 3.63) is 54.6 Å². The van der Waals surface area contributed by atoms with Crippen molar-refractivity contribution in [1.29, 1.82) is 0 Å². The first-order valence-electron chi connectivity index (χ1n) is 13.5. The van der Waals surface area contributed by atoms with Crippen molar-refractivity contribution in [1.82, 2.24) is 19.4 Å². The fourth-order valence-corrected chi connectivity index (χ4v) is 5.36. The fourth-order valence-electron chi connectivity index (χ4n) is 4.34. The van der Waals surface area contributed by atoms with Gasteiger partial charge >= 0.3 is 0 Å². The number of imidazole rings is 1. The first kappa shape index (κ1) is 28.5. The summed E-state index contributed by atoms with van der Waals surface area (Å²) in [7, 11) is 0. The van der Waals surface area contributed by atoms with Gasteiger partial charge in [0.1, 0.15) is 10.8 Å². The molecule has 12 nitrogen and oxygen atoms in total. The number of anilines is 2. The van der Waals surface area contributed by atoms with E-state index in [4.69, 9.17) is 20.0 Å². The SMILES string of the molecule is C=Cc1c(NC(N)=NCCN2CCOC[C@@H]2C)sc2nc(-c3ccc(NN=Nc4cc(C(C)(C)C)on4)cc3)cn12. The number of nitrogens with one attached hydrogen (secondary N) is 2. The molecule has 4 aromatic rings. The van der Waals surface area contributed by atoms with E-state index in [2.05, 4.69) is 49.6 Å². The number of morpholine rings is 1. The van der Waals surface area contributed by atoms with Gasteiger partial charge in [-0.3, -0.25) is 19.7 Å². The number of fused-ring (bicyclic) bond motifs is 1. The monoisotopic (exact) mass is 576 g/mol. The molecule has 4 N–H and O–H groups in total. The summed E-state index contributed by atoms with van der Waals surface area (Å²) in [6.45, 7) is 16.2. The standard InChI is InChI=1S/C28H36N10O2S/c1-6-22-25(32-26(29)30-11-12-37-13-14-39-17-18(37)2)41-27-31-21(16-38(22)27)19-7-9-20(10-8-19)33-36-34-24-15-23(40-35-24)28(3,4)5/h6-10,15-16,18H,1,11-14,17H2,2-5H3,(H3,29,30,32)(H,33,34,35)/t18-/m0/s1. The second-order valence-corrected chi connectivity index (χ2v) is 11.8. The van der Waals surface area contributed by atoms with Crippen LogP contribution in [-0.2, 0) is 10.2 Å². The fraction of sp³-hybridized carbons (Fsp3) is 0.393. The van der Waals surface area contributed by atoms with E-state index in [-0.39, 0.29) is 5.41 Å². The molecule has 1 aliphatic heterocycles. The lowest BCUT2D eigenvalue weighted by atomic mass is 9.93. The molecule has 1 atom stereocenters. The third-order valence-corrected chi connectivity index (χ3v) is 7.70. The minimum atomic E-state index is -0.139. The molecule has 13 heteroatoms. The Kier molecular flexibility index (Phi) is 8.47. The Bertz CT molecular complexity index is 1540. The largest absolute Gasteiger partial charge is 0.379 e. The molecule has 0 unspecified atom stereocenters. The quantitative estimate of drug-likeness (QED) is 0.102. The molecule has 0 amide bonds. The number of hydrogen-bond acceptors (Lipinski definition) is 9. The third-order valence-electron chi connectivity index (χ3n) is 6.72. The van der Waals surface area contributed by atoms with Crippen molar-refractivity contribution in [3.63, 3.8) is 0 Å². The molecule has 1 fully saturated rings. The number of nitrogens with zero attached hydrogens (tertiary/aromatic N) is 7. The number of ether oxygens (including phenoxy) is 1. The van der Waals surface area contributed by atoms with Gasteiger partial charge in [0.15, 0.2) is 10.9 Å². The maximum atomic E-state index is 6.20. The third kappa shape index (κ3) is 6.81. The maximum Gasteiger partial charge on any atom is 0.218 e. The summed E-state index contributed by atoms with van der Waals surface area (Å²) >= 11 is 1.50. The maximum absolute atomic E-state index is 6.20. The van der Waals surface area contributed by atoms with E-state index >= 15 is 0 Å². The summed E-state index contributed by atoms with van der Waals surface area (Å²) in [5.74, 6) is 1.54. The molecular formula is C28H36N10O2S. The van der Waals surface area contributed by atoms with Crippen LogP contribution in [0.1, 0.15) is 39.1 Å². The number of aromatic nitrogens is 3. The van der Waals surface area contributed by atoms with Crippen LogP contribution in [0, 0.1) is 0 Å². The summed E-state index contributed by atoms with van der Waals surface area (Å²) in [5, 5.41) is 16.1. The van der Waals surface area contributed by atoms with Crippen molar-refractivity contribution < 1.29 is 9.26 Å². The number of rotatable bonds is 9. The van der Waals surface area contributed by atoms with Crippen molar-refractivity contribution in [2.45, 2.75) is 39.2 Å². The van der Waals surface area contributed by atoms with Crippen LogP contribution in [0.3, 0.4) is 0 Å². The van der Waals surface area contributed by atoms with Crippen LogP contribution in [-0.4, -0.2) is 64.3 Å². The zero-order valence-electron chi connectivity index (χ0n) is 23.8. The van der Waals surface area contributed by atoms with Gasteiger partial charge in [0.05, 0.1) is 36.8 Å². The van der Waals surface area contributed by atoms with Gasteiger partial charge in [0.25, 0.3) is 0 Å². The summed E-state index contributed by atoms with van der Waals surface area (Å²) in [6.07, 6.45) is 3.78. The van der Waals surface area contributed by atoms with Crippen molar-refractivity contribution in [3.8, 4) is 11.3 Å². The molecule has 0 radical (unpaired) electrons. The smallest absolute Gasteiger partial charge is 0.218 e. The molecule has 0 aliphatic carbocycles. The van der Waals surface area contributed by atoms with E-state index in [0.717, 1.165) is 64.7 Å². The first-order valence-corrected chi connectivity index (χ1v) is 14.3. The van der Waals surface area contributed by atoms with Gasteiger partial charge in [0.2, 0.25) is 5.82 Å². The molecule has 3 aromatic heterocycles. The topological polar surface area (TPSA) is 143 Å². The molecular weight excluding hydrogens is 540 g/mol. The van der Waals surface area contributed by atoms with Crippen LogP contribution >= 0.6 is 11.3 Å². The Morgan fingerprint density at radius 1 is 1.29 bits per heavy atom. The van der Waals surface area contributed by atoms with E-state index in [1.165, 1.54) is 11.3 Å². The van der Waals surface area contributed by atoms with Crippen LogP contribution in [0.5, 0.6) is 0 Å². The molecule has 0 saturated carbocycles. The van der Waals surface area contributed by atoms with Crippen LogP contribution < -0.4 is 16.5 Å². The van der Waals surface area contributed by atoms with Crippen LogP contribution in [0.4, 0.5) is 16.5 Å². The number of thiazole rings is 1. The van der Waals surface area contributed by atoms with E-state index < -0.39 is 0 Å². The molecule has 0 bridgehead atoms. The first-order chi connectivity index (χ1) is 19.7. The average molecular weight is 577 g/mol. The summed E-state index contributed by atoms with van der Waals surface area (Å²) in [5.41, 5.74) is 12.5. The van der Waals surface area contributed by atoms with Crippen LogP contribution in [0.25, 0.3) is 22.3 Å². The normalized spacial score (nSPS) is 17.0. The van der Waals surface area contributed by atoms with Gasteiger partial charge in [-0.15, -0.1) is 5.11 Å². The summed E-state index contributed by atoms with van der Waals surface area (Å²) in [6, 6.07) is 9.97. The van der Waals surface area contributed by atoms with Gasteiger partial charge in [0, 0.05) is 42.4 Å². The number of hydrogen-bond donors (Lipinski definition) is 3. The molecule has 1 saturated heterocycles. The Labute approximate surface area is 243 Å². The molecule has 4 heterocycles. The van der Waals surface area contributed by atoms with Gasteiger partial charge in [-0.2, -0.15) is 0 Å². The zero-order valence-corrected chi connectivity index (χ0v) is 24.6. The second kappa shape index (κ2) is 12.2. The van der Waals surface area contributed by atoms with E-state index in [9.17, 15) is 0 Å². The lowest BCUT2D eigenvalue weighted by molar-refractivity contribution is 0.00142. The predicted molar refractivity (Wildman–Crippen MR) is 164 cm³/mol.